The van der Waals surface area contributed by atoms with E-state index in [1.165, 1.54) is 5.57 Å². The van der Waals surface area contributed by atoms with Crippen molar-refractivity contribution in [3.05, 3.63) is 34.7 Å². The van der Waals surface area contributed by atoms with Crippen molar-refractivity contribution in [3.63, 3.8) is 0 Å². The zero-order valence-electron chi connectivity index (χ0n) is 19.0. The number of aryl methyl sites for hydroxylation is 1. The zero-order chi connectivity index (χ0) is 23.9. The number of hydrogen-bond acceptors (Lipinski definition) is 6. The van der Waals surface area contributed by atoms with E-state index in [4.69, 9.17) is 0 Å². The lowest BCUT2D eigenvalue weighted by Gasteiger charge is -2.18. The molecule has 3 aliphatic rings. The van der Waals surface area contributed by atoms with Gasteiger partial charge in [0.1, 0.15) is 0 Å². The van der Waals surface area contributed by atoms with E-state index in [1.807, 2.05) is 4.57 Å². The smallest absolute Gasteiger partial charge is 0.334 e. The van der Waals surface area contributed by atoms with Crippen LogP contribution >= 0.6 is 0 Å². The maximum atomic E-state index is 13.0. The summed E-state index contributed by atoms with van der Waals surface area (Å²) >= 11 is 0. The van der Waals surface area contributed by atoms with Gasteiger partial charge in [0.05, 0.1) is 18.1 Å². The number of rotatable bonds is 7. The van der Waals surface area contributed by atoms with Gasteiger partial charge in [-0.05, 0) is 58.4 Å². The van der Waals surface area contributed by atoms with Gasteiger partial charge in [-0.1, -0.05) is 11.6 Å². The minimum Gasteiger partial charge on any atom is -0.344 e. The number of nitrogens with zero attached hydrogens (tertiary/aromatic N) is 3. The normalized spacial score (nSPS) is 22.9. The van der Waals surface area contributed by atoms with Crippen LogP contribution in [-0.2, 0) is 19.4 Å². The summed E-state index contributed by atoms with van der Waals surface area (Å²) in [6.07, 6.45) is 7.29. The van der Waals surface area contributed by atoms with Crippen LogP contribution in [0.4, 0.5) is 4.79 Å². The summed E-state index contributed by atoms with van der Waals surface area (Å²) in [7, 11) is -3.10. The van der Waals surface area contributed by atoms with E-state index in [1.54, 1.807) is 19.9 Å². The summed E-state index contributed by atoms with van der Waals surface area (Å²) in [5, 5.41) is 0. The third kappa shape index (κ3) is 4.53. The highest BCUT2D eigenvalue weighted by atomic mass is 32.2. The predicted molar refractivity (Wildman–Crippen MR) is 121 cm³/mol. The maximum absolute atomic E-state index is 13.0. The summed E-state index contributed by atoms with van der Waals surface area (Å²) < 4.78 is 25.6. The third-order valence-corrected chi connectivity index (χ3v) is 8.59. The van der Waals surface area contributed by atoms with Gasteiger partial charge >= 0.3 is 17.8 Å². The number of imide groups is 2. The van der Waals surface area contributed by atoms with Gasteiger partial charge in [0.15, 0.2) is 15.6 Å². The van der Waals surface area contributed by atoms with Crippen molar-refractivity contribution >= 4 is 33.5 Å². The summed E-state index contributed by atoms with van der Waals surface area (Å²) in [5.74, 6) is -2.20. The van der Waals surface area contributed by atoms with Crippen molar-refractivity contribution < 1.29 is 27.6 Å². The van der Waals surface area contributed by atoms with Gasteiger partial charge in [-0.15, -0.1) is 0 Å². The van der Waals surface area contributed by atoms with E-state index in [0.717, 1.165) is 36.3 Å². The fourth-order valence-corrected chi connectivity index (χ4v) is 6.80. The molecule has 0 unspecified atom stereocenters. The molecule has 3 heterocycles. The minimum absolute atomic E-state index is 0.0278. The van der Waals surface area contributed by atoms with Crippen LogP contribution in [0.1, 0.15) is 66.3 Å². The Bertz CT molecular complexity index is 1160. The molecule has 1 aromatic heterocycles. The molecule has 0 radical (unpaired) electrons. The van der Waals surface area contributed by atoms with E-state index in [2.05, 4.69) is 6.08 Å². The van der Waals surface area contributed by atoms with Crippen molar-refractivity contribution in [1.29, 1.82) is 0 Å². The summed E-state index contributed by atoms with van der Waals surface area (Å²) in [5.41, 5.74) is 2.86. The number of Topliss-reactive ketones (excluding diaryl/α,β-unsaturated/α-hetero) is 1. The number of allylic oxidation sites excluding steroid dienone is 1. The molecular weight excluding hydrogens is 446 g/mol. The lowest BCUT2D eigenvalue weighted by Crippen LogP contribution is -2.37. The highest BCUT2D eigenvalue weighted by Gasteiger charge is 2.45. The Morgan fingerprint density at radius 2 is 1.82 bits per heavy atom. The molecule has 178 valence electrons. The lowest BCUT2D eigenvalue weighted by molar-refractivity contribution is -0.143. The Balaban J connectivity index is 1.46. The SMILES string of the molecule is Cc1cc(C(=O)CN2C(=O)C(=O)N(CCC3=CCCCC3)C2=O)c(C)n1[C@H]1CCS(=O)(=O)C1. The van der Waals surface area contributed by atoms with Crippen LogP contribution in [0.5, 0.6) is 0 Å². The molecule has 1 aromatic rings. The highest BCUT2D eigenvalue weighted by molar-refractivity contribution is 7.91. The Kier molecular flexibility index (Phi) is 6.30. The molecule has 0 bridgehead atoms. The molecular formula is C23H29N3O6S. The van der Waals surface area contributed by atoms with Crippen LogP contribution < -0.4 is 0 Å². The molecule has 4 rings (SSSR count). The van der Waals surface area contributed by atoms with Gasteiger partial charge in [0.25, 0.3) is 0 Å². The first-order valence-corrected chi connectivity index (χ1v) is 13.2. The fourth-order valence-electron chi connectivity index (χ4n) is 5.10. The van der Waals surface area contributed by atoms with Crippen LogP contribution in [0, 0.1) is 13.8 Å². The Morgan fingerprint density at radius 3 is 2.45 bits per heavy atom. The molecule has 33 heavy (non-hydrogen) atoms. The largest absolute Gasteiger partial charge is 0.344 e. The molecule has 2 aliphatic heterocycles. The number of carbonyl (C=O) groups is 4. The number of ketones is 1. The summed E-state index contributed by atoms with van der Waals surface area (Å²) in [4.78, 5) is 52.3. The third-order valence-electron chi connectivity index (χ3n) is 6.84. The lowest BCUT2D eigenvalue weighted by atomic mass is 9.97. The highest BCUT2D eigenvalue weighted by Crippen LogP contribution is 2.29. The van der Waals surface area contributed by atoms with Crippen molar-refractivity contribution in [2.75, 3.05) is 24.6 Å². The molecule has 0 N–H and O–H groups in total. The quantitative estimate of drug-likeness (QED) is 0.259. The van der Waals surface area contributed by atoms with Gasteiger partial charge in [0, 0.05) is 29.5 Å². The topological polar surface area (TPSA) is 114 Å². The van der Waals surface area contributed by atoms with Gasteiger partial charge < -0.3 is 4.57 Å². The molecule has 4 amide bonds. The number of urea groups is 1. The number of carbonyl (C=O) groups excluding carboxylic acids is 4. The van der Waals surface area contributed by atoms with Crippen molar-refractivity contribution in [3.8, 4) is 0 Å². The number of amides is 4. The Hall–Kier alpha value is -2.75. The predicted octanol–water partition coefficient (Wildman–Crippen LogP) is 2.33. The van der Waals surface area contributed by atoms with Gasteiger partial charge in [0.2, 0.25) is 0 Å². The van der Waals surface area contributed by atoms with E-state index in [0.29, 0.717) is 29.0 Å². The second kappa shape index (κ2) is 8.89. The molecule has 0 spiro atoms. The standard InChI is InChI=1S/C23H29N3O6S/c1-15-12-19(16(2)26(15)18-9-11-33(31,32)14-18)20(27)13-25-22(29)21(28)24(23(25)30)10-8-17-6-4-3-5-7-17/h6,12,18H,3-5,7-11,13-14H2,1-2H3/t18-/m0/s1. The second-order valence-electron chi connectivity index (χ2n) is 9.12. The van der Waals surface area contributed by atoms with Gasteiger partial charge in [-0.3, -0.25) is 19.3 Å². The molecule has 0 aromatic carbocycles. The first-order chi connectivity index (χ1) is 15.6. The average molecular weight is 476 g/mol. The monoisotopic (exact) mass is 475 g/mol. The fraction of sp³-hybridized carbons (Fsp3) is 0.565. The molecule has 2 saturated heterocycles. The van der Waals surface area contributed by atoms with Crippen molar-refractivity contribution in [1.82, 2.24) is 14.4 Å². The number of sulfone groups is 1. The van der Waals surface area contributed by atoms with Crippen LogP contribution in [0.25, 0.3) is 0 Å². The molecule has 0 saturated carbocycles. The molecule has 10 heteroatoms. The molecule has 9 nitrogen and oxygen atoms in total. The van der Waals surface area contributed by atoms with Crippen molar-refractivity contribution in [2.24, 2.45) is 0 Å². The van der Waals surface area contributed by atoms with E-state index in [9.17, 15) is 27.6 Å². The number of aromatic nitrogens is 1. The van der Waals surface area contributed by atoms with Gasteiger partial charge in [-0.25, -0.2) is 18.1 Å². The Labute approximate surface area is 193 Å². The maximum Gasteiger partial charge on any atom is 0.334 e. The summed E-state index contributed by atoms with van der Waals surface area (Å²) in [6.45, 7) is 3.14. The minimum atomic E-state index is -3.10. The van der Waals surface area contributed by atoms with Gasteiger partial charge in [-0.2, -0.15) is 0 Å². The van der Waals surface area contributed by atoms with Crippen molar-refractivity contribution in [2.45, 2.75) is 58.4 Å². The summed E-state index contributed by atoms with van der Waals surface area (Å²) in [6, 6.07) is 0.659. The van der Waals surface area contributed by atoms with E-state index in [-0.39, 0.29) is 24.1 Å². The van der Waals surface area contributed by atoms with Crippen LogP contribution in [0.3, 0.4) is 0 Å². The van der Waals surface area contributed by atoms with E-state index >= 15 is 0 Å². The first kappa shape index (κ1) is 23.4. The second-order valence-corrected chi connectivity index (χ2v) is 11.4. The van der Waals surface area contributed by atoms with Crippen LogP contribution in [0.2, 0.25) is 0 Å². The molecule has 1 atom stereocenters. The van der Waals surface area contributed by atoms with E-state index < -0.39 is 40.0 Å². The number of hydrogen-bond donors (Lipinski definition) is 0. The average Bonchev–Trinajstić information content (AvgIpc) is 3.34. The first-order valence-electron chi connectivity index (χ1n) is 11.4. The Morgan fingerprint density at radius 1 is 1.09 bits per heavy atom. The van der Waals surface area contributed by atoms with Crippen LogP contribution in [-0.4, -0.2) is 71.0 Å². The van der Waals surface area contributed by atoms with Crippen LogP contribution in [0.15, 0.2) is 17.7 Å². The molecule has 1 aliphatic carbocycles. The molecule has 2 fully saturated rings. The zero-order valence-corrected chi connectivity index (χ0v) is 19.8.